The van der Waals surface area contributed by atoms with E-state index in [0.717, 1.165) is 22.9 Å². The summed E-state index contributed by atoms with van der Waals surface area (Å²) < 4.78 is 5.21. The minimum Gasteiger partial charge on any atom is -0.424 e. The van der Waals surface area contributed by atoms with Gasteiger partial charge in [0.05, 0.1) is 5.69 Å². The van der Waals surface area contributed by atoms with Crippen molar-refractivity contribution in [1.29, 1.82) is 0 Å². The standard InChI is InChI=1S/C13H12ClNO3/c1-8(17)18-13-10-7-9(14)4-5-11(10)15-12(13)3-2-6-16/h4-7,15H,2-3H2,1H3. The third-order valence-corrected chi connectivity index (χ3v) is 2.78. The maximum Gasteiger partial charge on any atom is 0.308 e. The molecule has 94 valence electrons. The number of hydrogen-bond acceptors (Lipinski definition) is 3. The number of carbonyl (C=O) groups is 2. The Kier molecular flexibility index (Phi) is 3.67. The van der Waals surface area contributed by atoms with Crippen LogP contribution in [0.15, 0.2) is 18.2 Å². The molecule has 1 heterocycles. The number of fused-ring (bicyclic) bond motifs is 1. The summed E-state index contributed by atoms with van der Waals surface area (Å²) in [5, 5.41) is 1.32. The Balaban J connectivity index is 2.53. The molecule has 18 heavy (non-hydrogen) atoms. The number of aromatic nitrogens is 1. The van der Waals surface area contributed by atoms with Crippen molar-refractivity contribution in [3.63, 3.8) is 0 Å². The van der Waals surface area contributed by atoms with Gasteiger partial charge in [-0.1, -0.05) is 11.6 Å². The maximum atomic E-state index is 11.1. The normalized spacial score (nSPS) is 10.6. The van der Waals surface area contributed by atoms with E-state index in [0.29, 0.717) is 23.6 Å². The largest absolute Gasteiger partial charge is 0.424 e. The highest BCUT2D eigenvalue weighted by Gasteiger charge is 2.14. The topological polar surface area (TPSA) is 59.2 Å². The Morgan fingerprint density at radius 3 is 2.94 bits per heavy atom. The highest BCUT2D eigenvalue weighted by Crippen LogP contribution is 2.32. The maximum absolute atomic E-state index is 11.1. The molecule has 0 aliphatic heterocycles. The van der Waals surface area contributed by atoms with Crippen LogP contribution in [0.25, 0.3) is 10.9 Å². The first-order chi connectivity index (χ1) is 8.61. The van der Waals surface area contributed by atoms with Crippen molar-refractivity contribution in [1.82, 2.24) is 4.98 Å². The zero-order chi connectivity index (χ0) is 13.1. The smallest absolute Gasteiger partial charge is 0.308 e. The van der Waals surface area contributed by atoms with Crippen molar-refractivity contribution in [3.8, 4) is 5.75 Å². The molecule has 1 N–H and O–H groups in total. The van der Waals surface area contributed by atoms with Crippen molar-refractivity contribution in [3.05, 3.63) is 28.9 Å². The molecular weight excluding hydrogens is 254 g/mol. The second kappa shape index (κ2) is 5.23. The first-order valence-corrected chi connectivity index (χ1v) is 5.91. The predicted octanol–water partition coefficient (Wildman–Crippen LogP) is 2.88. The van der Waals surface area contributed by atoms with E-state index < -0.39 is 5.97 Å². The van der Waals surface area contributed by atoms with Crippen LogP contribution in [0.3, 0.4) is 0 Å². The fraction of sp³-hybridized carbons (Fsp3) is 0.231. The summed E-state index contributed by atoms with van der Waals surface area (Å²) in [5.74, 6) is 0.0603. The van der Waals surface area contributed by atoms with Crippen LogP contribution in [-0.2, 0) is 16.0 Å². The molecule has 1 aromatic heterocycles. The van der Waals surface area contributed by atoms with E-state index in [9.17, 15) is 9.59 Å². The molecule has 0 unspecified atom stereocenters. The number of carbonyl (C=O) groups excluding carboxylic acids is 2. The third kappa shape index (κ3) is 2.54. The van der Waals surface area contributed by atoms with E-state index in [1.165, 1.54) is 6.92 Å². The van der Waals surface area contributed by atoms with Gasteiger partial charge in [0.15, 0.2) is 5.75 Å². The van der Waals surface area contributed by atoms with Crippen LogP contribution in [0.5, 0.6) is 5.75 Å². The zero-order valence-corrected chi connectivity index (χ0v) is 10.6. The van der Waals surface area contributed by atoms with Crippen LogP contribution in [0.2, 0.25) is 5.02 Å². The molecule has 2 rings (SSSR count). The van der Waals surface area contributed by atoms with E-state index in [-0.39, 0.29) is 0 Å². The second-order valence-corrected chi connectivity index (χ2v) is 4.36. The second-order valence-electron chi connectivity index (χ2n) is 3.92. The van der Waals surface area contributed by atoms with E-state index in [4.69, 9.17) is 16.3 Å². The number of aromatic amines is 1. The van der Waals surface area contributed by atoms with E-state index >= 15 is 0 Å². The summed E-state index contributed by atoms with van der Waals surface area (Å²) in [6.07, 6.45) is 1.70. The van der Waals surface area contributed by atoms with Crippen LogP contribution in [0.1, 0.15) is 19.0 Å². The minimum absolute atomic E-state index is 0.370. The van der Waals surface area contributed by atoms with Gasteiger partial charge in [0, 0.05) is 29.3 Å². The van der Waals surface area contributed by atoms with Gasteiger partial charge in [-0.3, -0.25) is 4.79 Å². The molecule has 1 aromatic carbocycles. The summed E-state index contributed by atoms with van der Waals surface area (Å²) in [6.45, 7) is 1.34. The summed E-state index contributed by atoms with van der Waals surface area (Å²) in [4.78, 5) is 24.7. The van der Waals surface area contributed by atoms with Crippen molar-refractivity contribution in [2.45, 2.75) is 19.8 Å². The molecule has 0 aliphatic carbocycles. The molecule has 5 heteroatoms. The Hall–Kier alpha value is -1.81. The molecule has 0 saturated carbocycles. The molecule has 0 atom stereocenters. The van der Waals surface area contributed by atoms with Gasteiger partial charge >= 0.3 is 5.97 Å². The van der Waals surface area contributed by atoms with Gasteiger partial charge in [-0.2, -0.15) is 0 Å². The van der Waals surface area contributed by atoms with Crippen LogP contribution < -0.4 is 4.74 Å². The number of aryl methyl sites for hydroxylation is 1. The average Bonchev–Trinajstić information content (AvgIpc) is 2.64. The number of ether oxygens (including phenoxy) is 1. The number of nitrogens with one attached hydrogen (secondary N) is 1. The van der Waals surface area contributed by atoms with Gasteiger partial charge in [0.1, 0.15) is 6.29 Å². The number of halogens is 1. The summed E-state index contributed by atoms with van der Waals surface area (Å²) >= 11 is 5.93. The molecule has 0 radical (unpaired) electrons. The van der Waals surface area contributed by atoms with Gasteiger partial charge < -0.3 is 14.5 Å². The lowest BCUT2D eigenvalue weighted by molar-refractivity contribution is -0.131. The molecule has 4 nitrogen and oxygen atoms in total. The zero-order valence-electron chi connectivity index (χ0n) is 9.83. The van der Waals surface area contributed by atoms with Crippen molar-refractivity contribution in [2.24, 2.45) is 0 Å². The Bertz CT molecular complexity index is 604. The van der Waals surface area contributed by atoms with Crippen LogP contribution >= 0.6 is 11.6 Å². The first-order valence-electron chi connectivity index (χ1n) is 5.54. The third-order valence-electron chi connectivity index (χ3n) is 2.54. The number of benzene rings is 1. The number of esters is 1. The van der Waals surface area contributed by atoms with Crippen molar-refractivity contribution < 1.29 is 14.3 Å². The molecule has 0 fully saturated rings. The highest BCUT2D eigenvalue weighted by atomic mass is 35.5. The fourth-order valence-corrected chi connectivity index (χ4v) is 2.01. The van der Waals surface area contributed by atoms with Crippen LogP contribution in [-0.4, -0.2) is 17.2 Å². The van der Waals surface area contributed by atoms with Crippen LogP contribution in [0.4, 0.5) is 0 Å². The summed E-state index contributed by atoms with van der Waals surface area (Å²) in [6, 6.07) is 5.30. The Morgan fingerprint density at radius 2 is 2.28 bits per heavy atom. The molecule has 0 bridgehead atoms. The molecule has 0 amide bonds. The van der Waals surface area contributed by atoms with Crippen molar-refractivity contribution >= 4 is 34.8 Å². The molecule has 0 spiro atoms. The first kappa shape index (κ1) is 12.6. The SMILES string of the molecule is CC(=O)Oc1c(CCC=O)[nH]c2ccc(Cl)cc12. The number of H-pyrrole nitrogens is 1. The molecule has 0 saturated heterocycles. The molecular formula is C13H12ClNO3. The monoisotopic (exact) mass is 265 g/mol. The minimum atomic E-state index is -0.400. The summed E-state index contributed by atoms with van der Waals surface area (Å²) in [5.41, 5.74) is 1.56. The highest BCUT2D eigenvalue weighted by molar-refractivity contribution is 6.31. The Labute approximate surface area is 109 Å². The molecule has 0 aliphatic rings. The fourth-order valence-electron chi connectivity index (χ4n) is 1.83. The summed E-state index contributed by atoms with van der Waals surface area (Å²) in [7, 11) is 0. The lowest BCUT2D eigenvalue weighted by atomic mass is 10.2. The van der Waals surface area contributed by atoms with E-state index in [2.05, 4.69) is 4.98 Å². The molecule has 2 aromatic rings. The number of hydrogen-bond donors (Lipinski definition) is 1. The lowest BCUT2D eigenvalue weighted by Gasteiger charge is -2.02. The quantitative estimate of drug-likeness (QED) is 0.683. The predicted molar refractivity (Wildman–Crippen MR) is 69.0 cm³/mol. The van der Waals surface area contributed by atoms with Gasteiger partial charge in [0.2, 0.25) is 0 Å². The van der Waals surface area contributed by atoms with Crippen LogP contribution in [0, 0.1) is 0 Å². The average molecular weight is 266 g/mol. The number of rotatable bonds is 4. The lowest BCUT2D eigenvalue weighted by Crippen LogP contribution is -2.03. The Morgan fingerprint density at radius 1 is 1.50 bits per heavy atom. The van der Waals surface area contributed by atoms with Crippen molar-refractivity contribution in [2.75, 3.05) is 0 Å². The number of aldehydes is 1. The van der Waals surface area contributed by atoms with Gasteiger partial charge in [-0.15, -0.1) is 0 Å². The van der Waals surface area contributed by atoms with E-state index in [1.54, 1.807) is 12.1 Å². The van der Waals surface area contributed by atoms with E-state index in [1.807, 2.05) is 6.07 Å². The van der Waals surface area contributed by atoms with Gasteiger partial charge in [-0.25, -0.2) is 0 Å². The van der Waals surface area contributed by atoms with Gasteiger partial charge in [0.25, 0.3) is 0 Å². The van der Waals surface area contributed by atoms with Gasteiger partial charge in [-0.05, 0) is 24.6 Å².